The van der Waals surface area contributed by atoms with Crippen LogP contribution in [-0.2, 0) is 4.84 Å². The summed E-state index contributed by atoms with van der Waals surface area (Å²) >= 11 is 0. The second kappa shape index (κ2) is 3.23. The van der Waals surface area contributed by atoms with E-state index in [2.05, 4.69) is 15.8 Å². The molecule has 11 heavy (non-hydrogen) atoms. The first kappa shape index (κ1) is 7.84. The van der Waals surface area contributed by atoms with Crippen LogP contribution >= 0.6 is 0 Å². The van der Waals surface area contributed by atoms with Crippen molar-refractivity contribution in [3.63, 3.8) is 0 Å². The van der Waals surface area contributed by atoms with Gasteiger partial charge in [-0.3, -0.25) is 0 Å². The maximum atomic E-state index is 10.7. The van der Waals surface area contributed by atoms with Crippen molar-refractivity contribution in [2.45, 2.75) is 19.6 Å². The van der Waals surface area contributed by atoms with E-state index in [-0.39, 0.29) is 12.3 Å². The molecule has 0 bridgehead atoms. The number of hydrogen-bond donors (Lipinski definition) is 2. The third-order valence-corrected chi connectivity index (χ3v) is 1.34. The smallest absolute Gasteiger partial charge is 0.317 e. The molecule has 2 amide bonds. The Bertz CT molecular complexity index is 190. The minimum Gasteiger partial charge on any atom is -0.370 e. The van der Waals surface area contributed by atoms with E-state index in [1.54, 1.807) is 7.05 Å². The molecular weight excluding hydrogens is 146 g/mol. The van der Waals surface area contributed by atoms with Gasteiger partial charge in [0.25, 0.3) is 0 Å². The van der Waals surface area contributed by atoms with Crippen molar-refractivity contribution in [3.05, 3.63) is 0 Å². The molecule has 0 saturated carbocycles. The zero-order chi connectivity index (χ0) is 8.27. The summed E-state index contributed by atoms with van der Waals surface area (Å²) in [5.41, 5.74) is 0.895. The summed E-state index contributed by atoms with van der Waals surface area (Å²) < 4.78 is 0. The summed E-state index contributed by atoms with van der Waals surface area (Å²) in [4.78, 5) is 15.6. The monoisotopic (exact) mass is 157 g/mol. The van der Waals surface area contributed by atoms with Crippen LogP contribution in [0.4, 0.5) is 4.79 Å². The van der Waals surface area contributed by atoms with Crippen molar-refractivity contribution in [2.24, 2.45) is 5.16 Å². The summed E-state index contributed by atoms with van der Waals surface area (Å²) in [6.07, 6.45) is 0.364. The highest BCUT2D eigenvalue weighted by molar-refractivity contribution is 5.83. The van der Waals surface area contributed by atoms with Gasteiger partial charge in [0.1, 0.15) is 0 Å². The number of rotatable bonds is 1. The predicted molar refractivity (Wildman–Crippen MR) is 40.2 cm³/mol. The second-order valence-corrected chi connectivity index (χ2v) is 2.35. The molecule has 1 heterocycles. The van der Waals surface area contributed by atoms with Crippen molar-refractivity contribution in [1.29, 1.82) is 0 Å². The SMILES string of the molecule is CNC(=O)NC1CC(C)=NO1. The highest BCUT2D eigenvalue weighted by atomic mass is 16.7. The third kappa shape index (κ3) is 2.10. The number of urea groups is 1. The molecule has 0 fully saturated rings. The van der Waals surface area contributed by atoms with Gasteiger partial charge < -0.3 is 15.5 Å². The van der Waals surface area contributed by atoms with E-state index in [1.807, 2.05) is 6.92 Å². The molecule has 1 rings (SSSR count). The maximum absolute atomic E-state index is 10.7. The van der Waals surface area contributed by atoms with Gasteiger partial charge >= 0.3 is 6.03 Å². The fourth-order valence-electron chi connectivity index (χ4n) is 0.792. The molecule has 0 aliphatic carbocycles. The van der Waals surface area contributed by atoms with E-state index >= 15 is 0 Å². The predicted octanol–water partition coefficient (Wildman–Crippen LogP) is 0.0377. The molecule has 0 aromatic carbocycles. The second-order valence-electron chi connectivity index (χ2n) is 2.35. The van der Waals surface area contributed by atoms with Crippen molar-refractivity contribution >= 4 is 11.7 Å². The topological polar surface area (TPSA) is 62.7 Å². The highest BCUT2D eigenvalue weighted by Crippen LogP contribution is 2.06. The van der Waals surface area contributed by atoms with Gasteiger partial charge in [0, 0.05) is 13.5 Å². The third-order valence-electron chi connectivity index (χ3n) is 1.34. The molecule has 5 heteroatoms. The lowest BCUT2D eigenvalue weighted by Gasteiger charge is -2.08. The van der Waals surface area contributed by atoms with Gasteiger partial charge in [0.15, 0.2) is 0 Å². The van der Waals surface area contributed by atoms with Gasteiger partial charge in [0.05, 0.1) is 5.71 Å². The highest BCUT2D eigenvalue weighted by Gasteiger charge is 2.18. The molecule has 0 aromatic heterocycles. The van der Waals surface area contributed by atoms with E-state index in [1.165, 1.54) is 0 Å². The number of carbonyl (C=O) groups is 1. The molecule has 1 aliphatic heterocycles. The normalized spacial score (nSPS) is 22.0. The Morgan fingerprint density at radius 3 is 3.00 bits per heavy atom. The summed E-state index contributed by atoms with van der Waals surface area (Å²) in [6, 6.07) is -0.250. The van der Waals surface area contributed by atoms with Crippen LogP contribution in [0.3, 0.4) is 0 Å². The molecule has 0 aromatic rings. The summed E-state index contributed by atoms with van der Waals surface area (Å²) in [5.74, 6) is 0. The Labute approximate surface area is 64.8 Å². The van der Waals surface area contributed by atoms with Crippen LogP contribution in [0.2, 0.25) is 0 Å². The Balaban J connectivity index is 2.26. The molecule has 1 atom stereocenters. The molecule has 1 unspecified atom stereocenters. The van der Waals surface area contributed by atoms with Gasteiger partial charge in [-0.1, -0.05) is 5.16 Å². The number of amides is 2. The quantitative estimate of drug-likeness (QED) is 0.564. The number of carbonyl (C=O) groups excluding carboxylic acids is 1. The lowest BCUT2D eigenvalue weighted by atomic mass is 10.3. The molecule has 5 nitrogen and oxygen atoms in total. The fourth-order valence-corrected chi connectivity index (χ4v) is 0.792. The Kier molecular flexibility index (Phi) is 2.30. The first-order chi connectivity index (χ1) is 5.22. The van der Waals surface area contributed by atoms with E-state index in [4.69, 9.17) is 4.84 Å². The van der Waals surface area contributed by atoms with E-state index in [9.17, 15) is 4.79 Å². The van der Waals surface area contributed by atoms with Gasteiger partial charge in [-0.15, -0.1) is 0 Å². The Hall–Kier alpha value is -1.26. The number of nitrogens with one attached hydrogen (secondary N) is 2. The standard InChI is InChI=1S/C6H11N3O2/c1-4-3-5(11-9-4)8-6(10)7-2/h5H,3H2,1-2H3,(H2,7,8,10). The van der Waals surface area contributed by atoms with Crippen LogP contribution in [0.1, 0.15) is 13.3 Å². The molecule has 62 valence electrons. The molecule has 0 spiro atoms. The van der Waals surface area contributed by atoms with Crippen molar-refractivity contribution in [2.75, 3.05) is 7.05 Å². The fraction of sp³-hybridized carbons (Fsp3) is 0.667. The lowest BCUT2D eigenvalue weighted by Crippen LogP contribution is -2.40. The largest absolute Gasteiger partial charge is 0.370 e. The van der Waals surface area contributed by atoms with Gasteiger partial charge in [-0.25, -0.2) is 4.79 Å². The van der Waals surface area contributed by atoms with E-state index in [0.29, 0.717) is 6.42 Å². The van der Waals surface area contributed by atoms with E-state index < -0.39 is 0 Å². The Morgan fingerprint density at radius 1 is 1.82 bits per heavy atom. The van der Waals surface area contributed by atoms with Gasteiger partial charge in [-0.05, 0) is 6.92 Å². The van der Waals surface area contributed by atoms with Crippen molar-refractivity contribution in [1.82, 2.24) is 10.6 Å². The molecule has 2 N–H and O–H groups in total. The minimum atomic E-state index is -0.296. The molecular formula is C6H11N3O2. The zero-order valence-electron chi connectivity index (χ0n) is 6.55. The average Bonchev–Trinajstić information content (AvgIpc) is 2.35. The van der Waals surface area contributed by atoms with Crippen molar-refractivity contribution < 1.29 is 9.63 Å². The molecule has 0 radical (unpaired) electrons. The van der Waals surface area contributed by atoms with Crippen LogP contribution in [0.25, 0.3) is 0 Å². The van der Waals surface area contributed by atoms with Crippen LogP contribution in [0.15, 0.2) is 5.16 Å². The zero-order valence-corrected chi connectivity index (χ0v) is 6.55. The van der Waals surface area contributed by atoms with Crippen LogP contribution < -0.4 is 10.6 Å². The van der Waals surface area contributed by atoms with Crippen LogP contribution in [0.5, 0.6) is 0 Å². The lowest BCUT2D eigenvalue weighted by molar-refractivity contribution is 0.0675. The number of oxime groups is 1. The van der Waals surface area contributed by atoms with Gasteiger partial charge in [-0.2, -0.15) is 0 Å². The average molecular weight is 157 g/mol. The Morgan fingerprint density at radius 2 is 2.55 bits per heavy atom. The maximum Gasteiger partial charge on any atom is 0.317 e. The summed E-state index contributed by atoms with van der Waals surface area (Å²) in [5, 5.41) is 8.68. The van der Waals surface area contributed by atoms with E-state index in [0.717, 1.165) is 5.71 Å². The van der Waals surface area contributed by atoms with Crippen LogP contribution in [-0.4, -0.2) is 25.0 Å². The van der Waals surface area contributed by atoms with Crippen molar-refractivity contribution in [3.8, 4) is 0 Å². The first-order valence-corrected chi connectivity index (χ1v) is 3.40. The molecule has 1 aliphatic rings. The molecule has 0 saturated heterocycles. The van der Waals surface area contributed by atoms with Gasteiger partial charge in [0.2, 0.25) is 6.23 Å². The number of nitrogens with zero attached hydrogens (tertiary/aromatic N) is 1. The summed E-state index contributed by atoms with van der Waals surface area (Å²) in [6.45, 7) is 1.85. The summed E-state index contributed by atoms with van der Waals surface area (Å²) in [7, 11) is 1.55. The number of hydrogen-bond acceptors (Lipinski definition) is 3. The first-order valence-electron chi connectivity index (χ1n) is 3.40. The minimum absolute atomic E-state index is 0.250. The van der Waals surface area contributed by atoms with Crippen LogP contribution in [0, 0.1) is 0 Å².